The van der Waals surface area contributed by atoms with Gasteiger partial charge in [0.05, 0.1) is 7.11 Å². The molecule has 1 saturated carbocycles. The molecule has 8 heteroatoms. The van der Waals surface area contributed by atoms with E-state index in [1.54, 1.807) is 12.1 Å². The fourth-order valence-electron chi connectivity index (χ4n) is 2.40. The smallest absolute Gasteiger partial charge is 0.251 e. The zero-order chi connectivity index (χ0) is 18.7. The maximum atomic E-state index is 12.5. The van der Waals surface area contributed by atoms with E-state index in [2.05, 4.69) is 10.0 Å². The molecule has 6 nitrogen and oxygen atoms in total. The fraction of sp³-hybridized carbons (Fsp3) is 0.278. The van der Waals surface area contributed by atoms with Gasteiger partial charge >= 0.3 is 0 Å². The topological polar surface area (TPSA) is 84.5 Å². The van der Waals surface area contributed by atoms with Crippen molar-refractivity contribution in [1.82, 2.24) is 10.0 Å². The molecule has 1 fully saturated rings. The lowest BCUT2D eigenvalue weighted by atomic mass is 10.2. The zero-order valence-corrected chi connectivity index (χ0v) is 15.7. The van der Waals surface area contributed by atoms with Crippen molar-refractivity contribution >= 4 is 27.5 Å². The van der Waals surface area contributed by atoms with Crippen LogP contribution in [0.3, 0.4) is 0 Å². The summed E-state index contributed by atoms with van der Waals surface area (Å²) < 4.78 is 32.8. The molecule has 0 spiro atoms. The Morgan fingerprint density at radius 2 is 1.88 bits per heavy atom. The number of hydrogen-bond donors (Lipinski definition) is 2. The molecule has 0 aromatic heterocycles. The summed E-state index contributed by atoms with van der Waals surface area (Å²) in [6, 6.07) is 11.4. The summed E-state index contributed by atoms with van der Waals surface area (Å²) in [4.78, 5) is 12.4. The third-order valence-corrected chi connectivity index (χ3v) is 5.77. The molecule has 0 unspecified atom stereocenters. The van der Waals surface area contributed by atoms with E-state index in [1.807, 2.05) is 12.1 Å². The van der Waals surface area contributed by atoms with Crippen LogP contribution in [-0.4, -0.2) is 27.5 Å². The second-order valence-electron chi connectivity index (χ2n) is 6.07. The van der Waals surface area contributed by atoms with E-state index in [4.69, 9.17) is 16.3 Å². The number of ether oxygens (including phenoxy) is 1. The van der Waals surface area contributed by atoms with Gasteiger partial charge in [0.25, 0.3) is 5.91 Å². The molecule has 1 amide bonds. The minimum atomic E-state index is -3.74. The molecule has 26 heavy (non-hydrogen) atoms. The average Bonchev–Trinajstić information content (AvgIpc) is 3.43. The van der Waals surface area contributed by atoms with Gasteiger partial charge in [0, 0.05) is 23.2 Å². The van der Waals surface area contributed by atoms with E-state index in [9.17, 15) is 13.2 Å². The van der Waals surface area contributed by atoms with Crippen LogP contribution >= 0.6 is 11.6 Å². The van der Waals surface area contributed by atoms with E-state index in [-0.39, 0.29) is 28.2 Å². The lowest BCUT2D eigenvalue weighted by molar-refractivity contribution is 0.0950. The summed E-state index contributed by atoms with van der Waals surface area (Å²) in [6.45, 7) is 0.310. The first-order valence-electron chi connectivity index (χ1n) is 8.12. The van der Waals surface area contributed by atoms with Gasteiger partial charge in [-0.05, 0) is 48.7 Å². The first kappa shape index (κ1) is 18.7. The van der Waals surface area contributed by atoms with Gasteiger partial charge in [-0.3, -0.25) is 4.79 Å². The van der Waals surface area contributed by atoms with Crippen LogP contribution in [0.5, 0.6) is 5.75 Å². The van der Waals surface area contributed by atoms with Crippen LogP contribution in [0.4, 0.5) is 0 Å². The third-order valence-electron chi connectivity index (χ3n) is 3.98. The van der Waals surface area contributed by atoms with Gasteiger partial charge in [0.2, 0.25) is 10.0 Å². The summed E-state index contributed by atoms with van der Waals surface area (Å²) in [6.07, 6.45) is 1.64. The van der Waals surface area contributed by atoms with Crippen LogP contribution in [0.2, 0.25) is 5.02 Å². The average molecular weight is 395 g/mol. The molecule has 1 aliphatic carbocycles. The maximum Gasteiger partial charge on any atom is 0.251 e. The van der Waals surface area contributed by atoms with Crippen molar-refractivity contribution in [2.75, 3.05) is 7.11 Å². The minimum Gasteiger partial charge on any atom is -0.495 e. The molecule has 2 N–H and O–H groups in total. The molecular formula is C18H19ClN2O4S. The standard InChI is InChI=1S/C18H19ClN2O4S/c1-25-16-9-4-13(10-17(16)26(23,24)21-15-7-8-15)18(22)20-11-12-2-5-14(19)6-3-12/h2-6,9-10,15,21H,7-8,11H2,1H3,(H,20,22). The lowest BCUT2D eigenvalue weighted by Crippen LogP contribution is -2.27. The number of methoxy groups -OCH3 is 1. The van der Waals surface area contributed by atoms with E-state index in [0.29, 0.717) is 11.6 Å². The molecule has 0 heterocycles. The predicted molar refractivity (Wildman–Crippen MR) is 99.0 cm³/mol. The van der Waals surface area contributed by atoms with E-state index in [1.165, 1.54) is 25.3 Å². The summed E-state index contributed by atoms with van der Waals surface area (Å²) in [5.41, 5.74) is 1.13. The van der Waals surface area contributed by atoms with Gasteiger partial charge in [-0.15, -0.1) is 0 Å². The van der Waals surface area contributed by atoms with Crippen LogP contribution in [-0.2, 0) is 16.6 Å². The number of hydrogen-bond acceptors (Lipinski definition) is 4. The number of rotatable bonds is 7. The number of benzene rings is 2. The Balaban J connectivity index is 1.77. The number of amides is 1. The van der Waals surface area contributed by atoms with Gasteiger partial charge in [0.15, 0.2) is 0 Å². The molecule has 3 rings (SSSR count). The van der Waals surface area contributed by atoms with Gasteiger partial charge in [-0.2, -0.15) is 0 Å². The monoisotopic (exact) mass is 394 g/mol. The highest BCUT2D eigenvalue weighted by Gasteiger charge is 2.30. The molecule has 0 aliphatic heterocycles. The normalized spacial score (nSPS) is 14.1. The van der Waals surface area contributed by atoms with E-state index < -0.39 is 10.0 Å². The number of carbonyl (C=O) groups is 1. The minimum absolute atomic E-state index is 0.0351. The Kier molecular flexibility index (Phi) is 5.50. The van der Waals surface area contributed by atoms with Crippen molar-refractivity contribution < 1.29 is 17.9 Å². The Labute approximate surface area is 157 Å². The largest absolute Gasteiger partial charge is 0.495 e. The van der Waals surface area contributed by atoms with Crippen LogP contribution in [0.25, 0.3) is 0 Å². The third kappa shape index (κ3) is 4.55. The first-order chi connectivity index (χ1) is 12.4. The van der Waals surface area contributed by atoms with Crippen molar-refractivity contribution in [3.05, 3.63) is 58.6 Å². The van der Waals surface area contributed by atoms with Gasteiger partial charge in [-0.1, -0.05) is 23.7 Å². The molecule has 138 valence electrons. The summed E-state index contributed by atoms with van der Waals surface area (Å²) in [7, 11) is -2.34. The highest BCUT2D eigenvalue weighted by molar-refractivity contribution is 7.89. The number of carbonyl (C=O) groups excluding carboxylic acids is 1. The number of halogens is 1. The predicted octanol–water partition coefficient (Wildman–Crippen LogP) is 2.72. The fourth-order valence-corrected chi connectivity index (χ4v) is 4.02. The molecule has 2 aromatic carbocycles. The summed E-state index contributed by atoms with van der Waals surface area (Å²) in [5.74, 6) is -0.169. The molecule has 0 bridgehead atoms. The van der Waals surface area contributed by atoms with Crippen molar-refractivity contribution in [3.63, 3.8) is 0 Å². The molecular weight excluding hydrogens is 376 g/mol. The van der Waals surface area contributed by atoms with Gasteiger partial charge in [0.1, 0.15) is 10.6 Å². The molecule has 0 saturated heterocycles. The maximum absolute atomic E-state index is 12.5. The number of sulfonamides is 1. The van der Waals surface area contributed by atoms with Crippen LogP contribution in [0.15, 0.2) is 47.4 Å². The van der Waals surface area contributed by atoms with E-state index >= 15 is 0 Å². The summed E-state index contributed by atoms with van der Waals surface area (Å²) in [5, 5.41) is 3.38. The second-order valence-corrected chi connectivity index (χ2v) is 8.19. The van der Waals surface area contributed by atoms with Crippen molar-refractivity contribution in [2.24, 2.45) is 0 Å². The van der Waals surface area contributed by atoms with Crippen molar-refractivity contribution in [3.8, 4) is 5.75 Å². The number of nitrogens with one attached hydrogen (secondary N) is 2. The molecule has 0 atom stereocenters. The second kappa shape index (κ2) is 7.65. The molecule has 0 radical (unpaired) electrons. The van der Waals surface area contributed by atoms with Crippen molar-refractivity contribution in [1.29, 1.82) is 0 Å². The Morgan fingerprint density at radius 1 is 1.19 bits per heavy atom. The van der Waals surface area contributed by atoms with Crippen molar-refractivity contribution in [2.45, 2.75) is 30.3 Å². The lowest BCUT2D eigenvalue weighted by Gasteiger charge is -2.12. The highest BCUT2D eigenvalue weighted by Crippen LogP contribution is 2.28. The summed E-state index contributed by atoms with van der Waals surface area (Å²) >= 11 is 5.84. The highest BCUT2D eigenvalue weighted by atomic mass is 35.5. The molecule has 1 aliphatic rings. The SMILES string of the molecule is COc1ccc(C(=O)NCc2ccc(Cl)cc2)cc1S(=O)(=O)NC1CC1. The van der Waals surface area contributed by atoms with Crippen LogP contribution < -0.4 is 14.8 Å². The zero-order valence-electron chi connectivity index (χ0n) is 14.2. The van der Waals surface area contributed by atoms with Gasteiger partial charge < -0.3 is 10.1 Å². The molecule has 2 aromatic rings. The van der Waals surface area contributed by atoms with Crippen LogP contribution in [0.1, 0.15) is 28.8 Å². The van der Waals surface area contributed by atoms with Gasteiger partial charge in [-0.25, -0.2) is 13.1 Å². The first-order valence-corrected chi connectivity index (χ1v) is 9.98. The Bertz CT molecular complexity index is 909. The quantitative estimate of drug-likeness (QED) is 0.756. The van der Waals surface area contributed by atoms with Crippen LogP contribution in [0, 0.1) is 0 Å². The Hall–Kier alpha value is -2.09. The van der Waals surface area contributed by atoms with E-state index in [0.717, 1.165) is 18.4 Å². The Morgan fingerprint density at radius 3 is 2.50 bits per heavy atom.